The number of rotatable bonds is 2. The lowest BCUT2D eigenvalue weighted by molar-refractivity contribution is 0.672. The fraction of sp³-hybridized carbons (Fsp3) is 0.357. The van der Waals surface area contributed by atoms with Crippen LogP contribution in [0.4, 0.5) is 0 Å². The highest BCUT2D eigenvalue weighted by Gasteiger charge is 2.37. The minimum Gasteiger partial charge on any atom is -0.325 e. The molecule has 1 saturated carbocycles. The molecule has 82 valence electrons. The highest BCUT2D eigenvalue weighted by molar-refractivity contribution is 5.84. The maximum absolute atomic E-state index is 6.15. The lowest BCUT2D eigenvalue weighted by atomic mass is 10.0. The predicted molar refractivity (Wildman–Crippen MR) is 66.3 cm³/mol. The summed E-state index contributed by atoms with van der Waals surface area (Å²) in [5.41, 5.74) is 8.67. The molecule has 0 atom stereocenters. The van der Waals surface area contributed by atoms with Gasteiger partial charge in [-0.25, -0.2) is 0 Å². The lowest BCUT2D eigenvalue weighted by Crippen LogP contribution is -2.24. The van der Waals surface area contributed by atoms with E-state index < -0.39 is 0 Å². The van der Waals surface area contributed by atoms with Crippen molar-refractivity contribution in [1.29, 1.82) is 0 Å². The van der Waals surface area contributed by atoms with Gasteiger partial charge in [0.25, 0.3) is 0 Å². The highest BCUT2D eigenvalue weighted by Crippen LogP contribution is 2.36. The van der Waals surface area contributed by atoms with E-state index in [-0.39, 0.29) is 5.54 Å². The third-order valence-corrected chi connectivity index (χ3v) is 3.48. The Balaban J connectivity index is 2.04. The van der Waals surface area contributed by atoms with Crippen LogP contribution in [0.15, 0.2) is 30.5 Å². The van der Waals surface area contributed by atoms with Crippen molar-refractivity contribution in [3.63, 3.8) is 0 Å². The number of nitrogens with two attached hydrogens (primary N) is 1. The Morgan fingerprint density at radius 1 is 1.31 bits per heavy atom. The first-order valence-corrected chi connectivity index (χ1v) is 5.79. The van der Waals surface area contributed by atoms with Gasteiger partial charge in [-0.05, 0) is 49.3 Å². The fourth-order valence-electron chi connectivity index (χ4n) is 2.21. The Morgan fingerprint density at radius 2 is 2.12 bits per heavy atom. The van der Waals surface area contributed by atoms with Gasteiger partial charge in [0, 0.05) is 22.8 Å². The van der Waals surface area contributed by atoms with Crippen LogP contribution in [0.25, 0.3) is 10.8 Å². The standard InChI is InChI=1S/C14H16N2/c1-10-13-8-11(9-14(15)5-6-14)2-3-12(13)4-7-16-10/h2-4,7-8H,5-6,9,15H2,1H3. The van der Waals surface area contributed by atoms with Crippen LogP contribution in [0.2, 0.25) is 0 Å². The Kier molecular flexibility index (Phi) is 2.01. The molecule has 0 radical (unpaired) electrons. The van der Waals surface area contributed by atoms with Crippen LogP contribution in [0.5, 0.6) is 0 Å². The number of aromatic nitrogens is 1. The van der Waals surface area contributed by atoms with Gasteiger partial charge in [-0.2, -0.15) is 0 Å². The van der Waals surface area contributed by atoms with Gasteiger partial charge in [-0.1, -0.05) is 12.1 Å². The summed E-state index contributed by atoms with van der Waals surface area (Å²) in [5.74, 6) is 0. The molecule has 16 heavy (non-hydrogen) atoms. The van der Waals surface area contributed by atoms with Crippen molar-refractivity contribution in [1.82, 2.24) is 4.98 Å². The van der Waals surface area contributed by atoms with Gasteiger partial charge in [0.1, 0.15) is 0 Å². The number of fused-ring (bicyclic) bond motifs is 1. The van der Waals surface area contributed by atoms with Gasteiger partial charge in [0.05, 0.1) is 0 Å². The molecule has 2 heteroatoms. The van der Waals surface area contributed by atoms with E-state index in [9.17, 15) is 0 Å². The van der Waals surface area contributed by atoms with Crippen molar-refractivity contribution < 1.29 is 0 Å². The molecule has 0 aliphatic heterocycles. The third kappa shape index (κ3) is 1.69. The normalized spacial score (nSPS) is 17.6. The average molecular weight is 212 g/mol. The van der Waals surface area contributed by atoms with Crippen LogP contribution in [0.3, 0.4) is 0 Å². The van der Waals surface area contributed by atoms with Crippen LogP contribution in [-0.4, -0.2) is 10.5 Å². The van der Waals surface area contributed by atoms with Gasteiger partial charge in [-0.3, -0.25) is 4.98 Å². The first kappa shape index (κ1) is 9.79. The number of nitrogens with zero attached hydrogens (tertiary/aromatic N) is 1. The molecular weight excluding hydrogens is 196 g/mol. The van der Waals surface area contributed by atoms with Gasteiger partial charge < -0.3 is 5.73 Å². The van der Waals surface area contributed by atoms with E-state index in [0.29, 0.717) is 0 Å². The molecule has 0 amide bonds. The molecule has 0 spiro atoms. The van der Waals surface area contributed by atoms with Crippen LogP contribution in [0.1, 0.15) is 24.1 Å². The quantitative estimate of drug-likeness (QED) is 0.831. The summed E-state index contributed by atoms with van der Waals surface area (Å²) in [5, 5.41) is 2.52. The van der Waals surface area contributed by atoms with Gasteiger partial charge in [0.2, 0.25) is 0 Å². The van der Waals surface area contributed by atoms with Crippen molar-refractivity contribution in [3.8, 4) is 0 Å². The third-order valence-electron chi connectivity index (χ3n) is 3.48. The number of hydrogen-bond donors (Lipinski definition) is 1. The monoisotopic (exact) mass is 212 g/mol. The molecule has 2 N–H and O–H groups in total. The van der Waals surface area contributed by atoms with E-state index in [4.69, 9.17) is 5.73 Å². The number of pyridine rings is 1. The Labute approximate surface area is 95.5 Å². The number of aryl methyl sites for hydroxylation is 1. The zero-order chi connectivity index (χ0) is 11.2. The second-order valence-electron chi connectivity index (χ2n) is 4.99. The van der Waals surface area contributed by atoms with E-state index in [1.54, 1.807) is 0 Å². The molecule has 1 fully saturated rings. The highest BCUT2D eigenvalue weighted by atomic mass is 14.8. The van der Waals surface area contributed by atoms with Crippen molar-refractivity contribution in [2.24, 2.45) is 5.73 Å². The maximum Gasteiger partial charge on any atom is 0.0451 e. The minimum atomic E-state index is 0.0871. The lowest BCUT2D eigenvalue weighted by Gasteiger charge is -2.10. The maximum atomic E-state index is 6.15. The fourth-order valence-corrected chi connectivity index (χ4v) is 2.21. The van der Waals surface area contributed by atoms with E-state index in [0.717, 1.165) is 25.0 Å². The van der Waals surface area contributed by atoms with Crippen molar-refractivity contribution in [2.45, 2.75) is 31.7 Å². The summed E-state index contributed by atoms with van der Waals surface area (Å²) >= 11 is 0. The van der Waals surface area contributed by atoms with E-state index in [1.807, 2.05) is 6.20 Å². The second-order valence-corrected chi connectivity index (χ2v) is 4.99. The molecule has 1 aromatic carbocycles. The smallest absolute Gasteiger partial charge is 0.0451 e. The Morgan fingerprint density at radius 3 is 2.88 bits per heavy atom. The molecule has 0 saturated heterocycles. The van der Waals surface area contributed by atoms with E-state index in [1.165, 1.54) is 16.3 Å². The zero-order valence-corrected chi connectivity index (χ0v) is 9.53. The van der Waals surface area contributed by atoms with Crippen LogP contribution in [0, 0.1) is 6.92 Å². The summed E-state index contributed by atoms with van der Waals surface area (Å²) in [7, 11) is 0. The van der Waals surface area contributed by atoms with Crippen LogP contribution < -0.4 is 5.73 Å². The second kappa shape index (κ2) is 3.29. The molecular formula is C14H16N2. The molecule has 2 aromatic rings. The molecule has 0 bridgehead atoms. The average Bonchev–Trinajstić information content (AvgIpc) is 2.97. The van der Waals surface area contributed by atoms with Crippen molar-refractivity contribution >= 4 is 10.8 Å². The first-order chi connectivity index (χ1) is 7.66. The molecule has 1 aliphatic carbocycles. The summed E-state index contributed by atoms with van der Waals surface area (Å²) in [6.45, 7) is 2.06. The summed E-state index contributed by atoms with van der Waals surface area (Å²) in [6.07, 6.45) is 5.19. The topological polar surface area (TPSA) is 38.9 Å². The minimum absolute atomic E-state index is 0.0871. The molecule has 1 aromatic heterocycles. The number of benzene rings is 1. The first-order valence-electron chi connectivity index (χ1n) is 5.79. The number of hydrogen-bond acceptors (Lipinski definition) is 2. The van der Waals surface area contributed by atoms with Gasteiger partial charge >= 0.3 is 0 Å². The Bertz CT molecular complexity index is 541. The van der Waals surface area contributed by atoms with Crippen LogP contribution >= 0.6 is 0 Å². The van der Waals surface area contributed by atoms with Crippen LogP contribution in [-0.2, 0) is 6.42 Å². The molecule has 1 aliphatic rings. The van der Waals surface area contributed by atoms with Crippen molar-refractivity contribution in [2.75, 3.05) is 0 Å². The molecule has 0 unspecified atom stereocenters. The summed E-state index contributed by atoms with van der Waals surface area (Å²) in [6, 6.07) is 8.66. The Hall–Kier alpha value is -1.41. The van der Waals surface area contributed by atoms with E-state index >= 15 is 0 Å². The van der Waals surface area contributed by atoms with Gasteiger partial charge in [-0.15, -0.1) is 0 Å². The molecule has 3 rings (SSSR count). The SMILES string of the molecule is Cc1nccc2ccc(CC3(N)CC3)cc12. The largest absolute Gasteiger partial charge is 0.325 e. The zero-order valence-electron chi connectivity index (χ0n) is 9.53. The summed E-state index contributed by atoms with van der Waals surface area (Å²) < 4.78 is 0. The summed E-state index contributed by atoms with van der Waals surface area (Å²) in [4.78, 5) is 4.33. The van der Waals surface area contributed by atoms with Gasteiger partial charge in [0.15, 0.2) is 0 Å². The molecule has 1 heterocycles. The van der Waals surface area contributed by atoms with E-state index in [2.05, 4.69) is 36.2 Å². The van der Waals surface area contributed by atoms with Crippen molar-refractivity contribution in [3.05, 3.63) is 41.7 Å². The molecule has 2 nitrogen and oxygen atoms in total. The predicted octanol–water partition coefficient (Wildman–Crippen LogP) is 2.58.